The molecule has 2 aromatic rings. The Hall–Kier alpha value is -1.39. The summed E-state index contributed by atoms with van der Waals surface area (Å²) in [4.78, 5) is 9.19. The highest BCUT2D eigenvalue weighted by Crippen LogP contribution is 2.28. The number of aryl methyl sites for hydroxylation is 3. The van der Waals surface area contributed by atoms with Crippen LogP contribution >= 0.6 is 11.8 Å². The summed E-state index contributed by atoms with van der Waals surface area (Å²) in [5, 5.41) is 5.59. The molecule has 0 saturated heterocycles. The van der Waals surface area contributed by atoms with Crippen LogP contribution in [0.25, 0.3) is 0 Å². The smallest absolute Gasteiger partial charge is 0.105 e. The molecule has 1 saturated carbocycles. The van der Waals surface area contributed by atoms with Crippen molar-refractivity contribution in [1.29, 1.82) is 0 Å². The van der Waals surface area contributed by atoms with Crippen molar-refractivity contribution in [2.75, 3.05) is 0 Å². The van der Waals surface area contributed by atoms with Crippen molar-refractivity contribution in [3.63, 3.8) is 0 Å². The van der Waals surface area contributed by atoms with Gasteiger partial charge in [-0.25, -0.2) is 9.97 Å². The topological polar surface area (TPSA) is 37.8 Å². The summed E-state index contributed by atoms with van der Waals surface area (Å²) in [6.45, 7) is 7.18. The number of hydrogen-bond donors (Lipinski definition) is 1. The highest BCUT2D eigenvalue weighted by molar-refractivity contribution is 7.99. The van der Waals surface area contributed by atoms with Crippen molar-refractivity contribution < 1.29 is 0 Å². The minimum atomic E-state index is 0.735. The molecule has 0 amide bonds. The molecule has 3 rings (SSSR count). The van der Waals surface area contributed by atoms with Crippen LogP contribution in [0.2, 0.25) is 0 Å². The summed E-state index contributed by atoms with van der Waals surface area (Å²) in [6, 6.07) is 7.17. The van der Waals surface area contributed by atoms with Crippen LogP contribution < -0.4 is 5.32 Å². The summed E-state index contributed by atoms with van der Waals surface area (Å²) < 4.78 is 0. The van der Waals surface area contributed by atoms with Crippen LogP contribution in [-0.4, -0.2) is 16.0 Å². The molecule has 3 nitrogen and oxygen atoms in total. The van der Waals surface area contributed by atoms with E-state index in [9.17, 15) is 0 Å². The van der Waals surface area contributed by atoms with E-state index in [0.29, 0.717) is 0 Å². The van der Waals surface area contributed by atoms with Crippen LogP contribution in [-0.2, 0) is 6.54 Å². The van der Waals surface area contributed by atoms with E-state index in [1.54, 1.807) is 11.8 Å². The molecule has 1 fully saturated rings. The lowest BCUT2D eigenvalue weighted by Crippen LogP contribution is -2.15. The Morgan fingerprint density at radius 3 is 2.67 bits per heavy atom. The zero-order chi connectivity index (χ0) is 14.8. The minimum absolute atomic E-state index is 0.735. The van der Waals surface area contributed by atoms with Gasteiger partial charge in [0.2, 0.25) is 0 Å². The lowest BCUT2D eigenvalue weighted by Gasteiger charge is -2.08. The fraction of sp³-hybridized carbons (Fsp3) is 0.412. The lowest BCUT2D eigenvalue weighted by molar-refractivity contribution is 0.684. The third-order valence-electron chi connectivity index (χ3n) is 3.53. The Balaban J connectivity index is 1.72. The maximum atomic E-state index is 4.61. The van der Waals surface area contributed by atoms with Crippen LogP contribution in [0.4, 0.5) is 0 Å². The molecule has 0 aromatic carbocycles. The molecule has 1 aliphatic rings. The summed E-state index contributed by atoms with van der Waals surface area (Å²) in [5.41, 5.74) is 4.78. The molecular weight excluding hydrogens is 278 g/mol. The first kappa shape index (κ1) is 14.5. The number of nitrogens with one attached hydrogen (secondary N) is 1. The first-order valence-corrected chi connectivity index (χ1v) is 8.24. The largest absolute Gasteiger partial charge is 0.310 e. The van der Waals surface area contributed by atoms with Crippen molar-refractivity contribution in [2.45, 2.75) is 56.3 Å². The Labute approximate surface area is 130 Å². The first-order valence-electron chi connectivity index (χ1n) is 7.42. The zero-order valence-electron chi connectivity index (χ0n) is 12.8. The van der Waals surface area contributed by atoms with Gasteiger partial charge in [0, 0.05) is 24.5 Å². The Morgan fingerprint density at radius 1 is 1.19 bits per heavy atom. The molecule has 2 aromatic heterocycles. The van der Waals surface area contributed by atoms with Gasteiger partial charge in [-0.3, -0.25) is 0 Å². The third kappa shape index (κ3) is 4.05. The SMILES string of the molecule is Cc1cc(C)nc(Sc2ncc(CNC3CC3)cc2C)c1. The fourth-order valence-corrected chi connectivity index (χ4v) is 3.29. The van der Waals surface area contributed by atoms with Gasteiger partial charge in [-0.2, -0.15) is 0 Å². The van der Waals surface area contributed by atoms with Crippen LogP contribution in [0.5, 0.6) is 0 Å². The number of rotatable bonds is 5. The van der Waals surface area contributed by atoms with Crippen LogP contribution in [0.1, 0.15) is 35.2 Å². The van der Waals surface area contributed by atoms with Crippen molar-refractivity contribution in [2.24, 2.45) is 0 Å². The molecule has 0 radical (unpaired) electrons. The molecule has 0 unspecified atom stereocenters. The van der Waals surface area contributed by atoms with E-state index in [-0.39, 0.29) is 0 Å². The molecule has 21 heavy (non-hydrogen) atoms. The molecule has 1 N–H and O–H groups in total. The normalized spacial score (nSPS) is 14.4. The summed E-state index contributed by atoms with van der Waals surface area (Å²) in [7, 11) is 0. The maximum absolute atomic E-state index is 4.61. The second kappa shape index (κ2) is 6.16. The third-order valence-corrected chi connectivity index (χ3v) is 4.57. The minimum Gasteiger partial charge on any atom is -0.310 e. The van der Waals surface area contributed by atoms with Crippen LogP contribution in [0, 0.1) is 20.8 Å². The van der Waals surface area contributed by atoms with Gasteiger partial charge in [-0.05, 0) is 74.2 Å². The van der Waals surface area contributed by atoms with Crippen molar-refractivity contribution in [3.05, 3.63) is 46.8 Å². The zero-order valence-corrected chi connectivity index (χ0v) is 13.6. The van der Waals surface area contributed by atoms with Crippen LogP contribution in [0.3, 0.4) is 0 Å². The van der Waals surface area contributed by atoms with Gasteiger partial charge in [0.1, 0.15) is 10.1 Å². The van der Waals surface area contributed by atoms with E-state index in [1.807, 2.05) is 13.1 Å². The highest BCUT2D eigenvalue weighted by Gasteiger charge is 2.20. The Bertz CT molecular complexity index is 630. The molecule has 4 heteroatoms. The molecular formula is C17H21N3S. The molecule has 0 bridgehead atoms. The number of nitrogens with zero attached hydrogens (tertiary/aromatic N) is 2. The molecule has 0 spiro atoms. The molecule has 0 atom stereocenters. The quantitative estimate of drug-likeness (QED) is 0.911. The molecule has 1 aliphatic carbocycles. The van der Waals surface area contributed by atoms with Gasteiger partial charge in [-0.15, -0.1) is 0 Å². The first-order chi connectivity index (χ1) is 10.1. The number of aromatic nitrogens is 2. The van der Waals surface area contributed by atoms with Crippen molar-refractivity contribution >= 4 is 11.8 Å². The summed E-state index contributed by atoms with van der Waals surface area (Å²) in [6.07, 6.45) is 4.62. The fourth-order valence-electron chi connectivity index (χ4n) is 2.33. The van der Waals surface area contributed by atoms with Gasteiger partial charge in [-0.1, -0.05) is 6.07 Å². The second-order valence-electron chi connectivity index (χ2n) is 5.85. The standard InChI is InChI=1S/C17H21N3S/c1-11-6-13(3)20-16(7-11)21-17-12(2)8-14(10-19-17)9-18-15-4-5-15/h6-8,10,15,18H,4-5,9H2,1-3H3. The predicted octanol–water partition coefficient (Wildman–Crippen LogP) is 3.81. The van der Waals surface area contributed by atoms with Gasteiger partial charge in [0.25, 0.3) is 0 Å². The monoisotopic (exact) mass is 299 g/mol. The van der Waals surface area contributed by atoms with E-state index in [0.717, 1.165) is 28.3 Å². The van der Waals surface area contributed by atoms with E-state index >= 15 is 0 Å². The van der Waals surface area contributed by atoms with Crippen LogP contribution in [0.15, 0.2) is 34.4 Å². The van der Waals surface area contributed by atoms with Gasteiger partial charge in [0.05, 0.1) is 0 Å². The molecule has 0 aliphatic heterocycles. The highest BCUT2D eigenvalue weighted by atomic mass is 32.2. The van der Waals surface area contributed by atoms with Crippen molar-refractivity contribution in [1.82, 2.24) is 15.3 Å². The predicted molar refractivity (Wildman–Crippen MR) is 86.7 cm³/mol. The second-order valence-corrected chi connectivity index (χ2v) is 6.86. The Morgan fingerprint density at radius 2 is 2.00 bits per heavy atom. The maximum Gasteiger partial charge on any atom is 0.105 e. The Kier molecular flexibility index (Phi) is 4.27. The number of pyridine rings is 2. The van der Waals surface area contributed by atoms with Gasteiger partial charge < -0.3 is 5.32 Å². The van der Waals surface area contributed by atoms with E-state index in [2.05, 4.69) is 47.3 Å². The summed E-state index contributed by atoms with van der Waals surface area (Å²) >= 11 is 1.65. The van der Waals surface area contributed by atoms with E-state index in [4.69, 9.17) is 0 Å². The molecule has 110 valence electrons. The van der Waals surface area contributed by atoms with E-state index in [1.165, 1.54) is 29.5 Å². The molecule has 2 heterocycles. The summed E-state index contributed by atoms with van der Waals surface area (Å²) in [5.74, 6) is 0. The van der Waals surface area contributed by atoms with Gasteiger partial charge >= 0.3 is 0 Å². The average Bonchev–Trinajstić information content (AvgIpc) is 3.22. The van der Waals surface area contributed by atoms with Crippen molar-refractivity contribution in [3.8, 4) is 0 Å². The van der Waals surface area contributed by atoms with E-state index < -0.39 is 0 Å². The van der Waals surface area contributed by atoms with Gasteiger partial charge in [0.15, 0.2) is 0 Å². The lowest BCUT2D eigenvalue weighted by atomic mass is 10.2. The number of hydrogen-bond acceptors (Lipinski definition) is 4. The average molecular weight is 299 g/mol.